The van der Waals surface area contributed by atoms with E-state index >= 15 is 0 Å². The van der Waals surface area contributed by atoms with Gasteiger partial charge in [-0.2, -0.15) is 11.3 Å². The highest BCUT2D eigenvalue weighted by Gasteiger charge is 2.26. The Morgan fingerprint density at radius 1 is 1.48 bits per heavy atom. The van der Waals surface area contributed by atoms with Gasteiger partial charge in [-0.3, -0.25) is 4.79 Å². The molecule has 122 valence electrons. The number of aromatic nitrogens is 1. The first-order valence-corrected chi connectivity index (χ1v) is 8.31. The Bertz CT molecular complexity index is 673. The highest BCUT2D eigenvalue weighted by Crippen LogP contribution is 2.19. The third-order valence-electron chi connectivity index (χ3n) is 3.70. The third kappa shape index (κ3) is 3.92. The lowest BCUT2D eigenvalue weighted by Gasteiger charge is -2.25. The fourth-order valence-electron chi connectivity index (χ4n) is 2.58. The average Bonchev–Trinajstić information content (AvgIpc) is 3.19. The van der Waals surface area contributed by atoms with Crippen LogP contribution in [-0.4, -0.2) is 35.0 Å². The largest absolute Gasteiger partial charge is 0.376 e. The van der Waals surface area contributed by atoms with Gasteiger partial charge in [0, 0.05) is 25.8 Å². The average molecular weight is 338 g/mol. The minimum atomic E-state index is -0.947. The van der Waals surface area contributed by atoms with Crippen molar-refractivity contribution in [3.8, 4) is 0 Å². The van der Waals surface area contributed by atoms with Crippen LogP contribution < -0.4 is 0 Å². The van der Waals surface area contributed by atoms with E-state index in [0.29, 0.717) is 25.8 Å². The molecule has 0 N–H and O–H groups in total. The smallest absolute Gasteiger partial charge is 0.275 e. The van der Waals surface area contributed by atoms with E-state index in [2.05, 4.69) is 4.98 Å². The number of rotatable bonds is 5. The predicted octanol–water partition coefficient (Wildman–Crippen LogP) is 3.24. The SMILES string of the molecule is O=C(c1ncc(F)cc1F)N(Cc1ccsc1)CC1CCCO1. The van der Waals surface area contributed by atoms with Gasteiger partial charge in [0.05, 0.1) is 12.3 Å². The summed E-state index contributed by atoms with van der Waals surface area (Å²) in [6, 6.07) is 2.59. The number of ether oxygens (including phenoxy) is 1. The van der Waals surface area contributed by atoms with Crippen LogP contribution >= 0.6 is 11.3 Å². The van der Waals surface area contributed by atoms with E-state index in [0.717, 1.165) is 24.6 Å². The summed E-state index contributed by atoms with van der Waals surface area (Å²) in [5.74, 6) is -2.30. The van der Waals surface area contributed by atoms with Crippen LogP contribution in [0.15, 0.2) is 29.1 Å². The van der Waals surface area contributed by atoms with E-state index in [4.69, 9.17) is 4.74 Å². The molecule has 1 atom stereocenters. The number of hydrogen-bond acceptors (Lipinski definition) is 4. The number of thiophene rings is 1. The molecule has 1 saturated heterocycles. The lowest BCUT2D eigenvalue weighted by Crippen LogP contribution is -2.37. The molecule has 0 aliphatic carbocycles. The molecule has 0 aromatic carbocycles. The van der Waals surface area contributed by atoms with Crippen molar-refractivity contribution >= 4 is 17.2 Å². The van der Waals surface area contributed by atoms with Crippen molar-refractivity contribution in [3.05, 3.63) is 52.0 Å². The summed E-state index contributed by atoms with van der Waals surface area (Å²) in [5.41, 5.74) is 0.600. The van der Waals surface area contributed by atoms with Crippen LogP contribution in [0.5, 0.6) is 0 Å². The normalized spacial score (nSPS) is 17.4. The summed E-state index contributed by atoms with van der Waals surface area (Å²) < 4.78 is 32.4. The van der Waals surface area contributed by atoms with Crippen molar-refractivity contribution in [2.45, 2.75) is 25.5 Å². The molecular weight excluding hydrogens is 322 g/mol. The molecule has 1 aliphatic heterocycles. The summed E-state index contributed by atoms with van der Waals surface area (Å²) in [7, 11) is 0. The van der Waals surface area contributed by atoms with Gasteiger partial charge in [-0.1, -0.05) is 0 Å². The second-order valence-corrected chi connectivity index (χ2v) is 6.22. The highest BCUT2D eigenvalue weighted by atomic mass is 32.1. The molecule has 1 aliphatic rings. The van der Waals surface area contributed by atoms with Gasteiger partial charge in [0.15, 0.2) is 11.5 Å². The van der Waals surface area contributed by atoms with Gasteiger partial charge in [0.25, 0.3) is 5.91 Å². The van der Waals surface area contributed by atoms with Gasteiger partial charge in [-0.05, 0) is 35.2 Å². The zero-order valence-corrected chi connectivity index (χ0v) is 13.2. The fraction of sp³-hybridized carbons (Fsp3) is 0.375. The molecule has 0 spiro atoms. The van der Waals surface area contributed by atoms with Crippen LogP contribution in [0, 0.1) is 11.6 Å². The Kier molecular flexibility index (Phi) is 4.97. The fourth-order valence-corrected chi connectivity index (χ4v) is 3.24. The van der Waals surface area contributed by atoms with Crippen LogP contribution in [0.4, 0.5) is 8.78 Å². The molecular formula is C16H16F2N2O2S. The first kappa shape index (κ1) is 16.0. The predicted molar refractivity (Wildman–Crippen MR) is 82.2 cm³/mol. The second kappa shape index (κ2) is 7.14. The van der Waals surface area contributed by atoms with Crippen LogP contribution in [0.25, 0.3) is 0 Å². The molecule has 23 heavy (non-hydrogen) atoms. The van der Waals surface area contributed by atoms with Crippen molar-refractivity contribution < 1.29 is 18.3 Å². The molecule has 0 radical (unpaired) electrons. The van der Waals surface area contributed by atoms with E-state index in [-0.39, 0.29) is 11.8 Å². The molecule has 1 amide bonds. The van der Waals surface area contributed by atoms with Gasteiger partial charge in [-0.15, -0.1) is 0 Å². The molecule has 4 nitrogen and oxygen atoms in total. The van der Waals surface area contributed by atoms with E-state index < -0.39 is 17.5 Å². The molecule has 1 fully saturated rings. The van der Waals surface area contributed by atoms with Crippen molar-refractivity contribution in [1.82, 2.24) is 9.88 Å². The van der Waals surface area contributed by atoms with Crippen LogP contribution in [-0.2, 0) is 11.3 Å². The van der Waals surface area contributed by atoms with Crippen LogP contribution in [0.2, 0.25) is 0 Å². The summed E-state index contributed by atoms with van der Waals surface area (Å²) in [6.07, 6.45) is 2.62. The summed E-state index contributed by atoms with van der Waals surface area (Å²) in [6.45, 7) is 1.39. The van der Waals surface area contributed by atoms with E-state index in [1.807, 2.05) is 16.8 Å². The van der Waals surface area contributed by atoms with E-state index in [9.17, 15) is 13.6 Å². The Morgan fingerprint density at radius 2 is 2.35 bits per heavy atom. The maximum Gasteiger partial charge on any atom is 0.275 e. The number of carbonyl (C=O) groups excluding carboxylic acids is 1. The lowest BCUT2D eigenvalue weighted by atomic mass is 10.2. The third-order valence-corrected chi connectivity index (χ3v) is 4.43. The maximum atomic E-state index is 13.9. The van der Waals surface area contributed by atoms with Gasteiger partial charge in [0.2, 0.25) is 0 Å². The number of carbonyl (C=O) groups is 1. The number of hydrogen-bond donors (Lipinski definition) is 0. The van der Waals surface area contributed by atoms with Gasteiger partial charge in [0.1, 0.15) is 5.82 Å². The van der Waals surface area contributed by atoms with E-state index in [1.54, 1.807) is 0 Å². The molecule has 0 bridgehead atoms. The molecule has 2 aromatic rings. The molecule has 3 heterocycles. The van der Waals surface area contributed by atoms with Crippen molar-refractivity contribution in [3.63, 3.8) is 0 Å². The lowest BCUT2D eigenvalue weighted by molar-refractivity contribution is 0.0499. The number of pyridine rings is 1. The summed E-state index contributed by atoms with van der Waals surface area (Å²) in [4.78, 5) is 17.8. The standard InChI is InChI=1S/C16H16F2N2O2S/c17-12-6-14(18)15(19-7-12)16(21)20(8-11-3-5-23-10-11)9-13-2-1-4-22-13/h3,5-7,10,13H,1-2,4,8-9H2. The monoisotopic (exact) mass is 338 g/mol. The Hall–Kier alpha value is -1.86. The first-order valence-electron chi connectivity index (χ1n) is 7.36. The second-order valence-electron chi connectivity index (χ2n) is 5.44. The molecule has 0 saturated carbocycles. The Morgan fingerprint density at radius 3 is 3.00 bits per heavy atom. The molecule has 2 aromatic heterocycles. The van der Waals surface area contributed by atoms with Crippen molar-refractivity contribution in [2.24, 2.45) is 0 Å². The van der Waals surface area contributed by atoms with Crippen LogP contribution in [0.1, 0.15) is 28.9 Å². The van der Waals surface area contributed by atoms with Crippen molar-refractivity contribution in [2.75, 3.05) is 13.2 Å². The first-order chi connectivity index (χ1) is 11.1. The maximum absolute atomic E-state index is 13.9. The highest BCUT2D eigenvalue weighted by molar-refractivity contribution is 7.07. The molecule has 1 unspecified atom stereocenters. The zero-order valence-electron chi connectivity index (χ0n) is 12.4. The quantitative estimate of drug-likeness (QED) is 0.840. The molecule has 7 heteroatoms. The zero-order chi connectivity index (χ0) is 16.2. The van der Waals surface area contributed by atoms with Crippen LogP contribution in [0.3, 0.4) is 0 Å². The number of halogens is 2. The summed E-state index contributed by atoms with van der Waals surface area (Å²) in [5, 5.41) is 3.85. The van der Waals surface area contributed by atoms with Crippen molar-refractivity contribution in [1.29, 1.82) is 0 Å². The number of amides is 1. The topological polar surface area (TPSA) is 42.4 Å². The number of nitrogens with zero attached hydrogens (tertiary/aromatic N) is 2. The minimum absolute atomic E-state index is 0.0545. The van der Waals surface area contributed by atoms with Gasteiger partial charge in [-0.25, -0.2) is 13.8 Å². The minimum Gasteiger partial charge on any atom is -0.376 e. The van der Waals surface area contributed by atoms with Gasteiger partial charge >= 0.3 is 0 Å². The van der Waals surface area contributed by atoms with E-state index in [1.165, 1.54) is 16.2 Å². The Balaban J connectivity index is 1.81. The Labute approximate surface area is 136 Å². The molecule has 3 rings (SSSR count). The van der Waals surface area contributed by atoms with Gasteiger partial charge < -0.3 is 9.64 Å². The summed E-state index contributed by atoms with van der Waals surface area (Å²) >= 11 is 1.53.